The highest BCUT2D eigenvalue weighted by molar-refractivity contribution is 5.92. The minimum Gasteiger partial charge on any atom is -0.497 e. The van der Waals surface area contributed by atoms with Crippen molar-refractivity contribution < 1.29 is 9.15 Å². The molecule has 5 rings (SSSR count). The first-order valence-corrected chi connectivity index (χ1v) is 9.78. The number of aryl methyl sites for hydroxylation is 1. The van der Waals surface area contributed by atoms with Crippen molar-refractivity contribution in [3.63, 3.8) is 0 Å². The Kier molecular flexibility index (Phi) is 4.76. The van der Waals surface area contributed by atoms with E-state index in [1.54, 1.807) is 7.11 Å². The summed E-state index contributed by atoms with van der Waals surface area (Å²) in [6.07, 6.45) is 0. The number of benzene rings is 3. The van der Waals surface area contributed by atoms with Crippen LogP contribution >= 0.6 is 0 Å². The van der Waals surface area contributed by atoms with E-state index in [2.05, 4.69) is 25.5 Å². The summed E-state index contributed by atoms with van der Waals surface area (Å²) >= 11 is 0. The number of para-hydroxylation sites is 1. The standard InChI is InChI=1S/C24H19N5O2/c1-15-10-12-16(13-11-15)23-28-29-24(31-23)22-26-20-9-4-3-8-19(20)21(27-22)25-17-6-5-7-18(14-17)30-2/h3-14H,1-2H3,(H,25,26,27). The van der Waals surface area contributed by atoms with Crippen LogP contribution in [0.5, 0.6) is 5.75 Å². The third-order valence-electron chi connectivity index (χ3n) is 4.85. The Labute approximate surface area is 178 Å². The molecule has 0 radical (unpaired) electrons. The van der Waals surface area contributed by atoms with E-state index in [1.165, 1.54) is 0 Å². The average molecular weight is 409 g/mol. The van der Waals surface area contributed by atoms with Crippen LogP contribution in [0.2, 0.25) is 0 Å². The Morgan fingerprint density at radius 3 is 2.48 bits per heavy atom. The molecule has 0 spiro atoms. The third kappa shape index (κ3) is 3.81. The van der Waals surface area contributed by atoms with Crippen LogP contribution in [0.25, 0.3) is 34.1 Å². The Hall–Kier alpha value is -4.26. The highest BCUT2D eigenvalue weighted by Crippen LogP contribution is 2.29. The van der Waals surface area contributed by atoms with Crippen LogP contribution in [0.1, 0.15) is 5.56 Å². The summed E-state index contributed by atoms with van der Waals surface area (Å²) < 4.78 is 11.2. The first kappa shape index (κ1) is 18.7. The minimum atomic E-state index is 0.259. The maximum atomic E-state index is 5.89. The molecule has 0 atom stereocenters. The van der Waals surface area contributed by atoms with Crippen LogP contribution in [0.15, 0.2) is 77.2 Å². The highest BCUT2D eigenvalue weighted by Gasteiger charge is 2.16. The zero-order chi connectivity index (χ0) is 21.2. The molecule has 1 N–H and O–H groups in total. The quantitative estimate of drug-likeness (QED) is 0.415. The zero-order valence-corrected chi connectivity index (χ0v) is 17.0. The zero-order valence-electron chi connectivity index (χ0n) is 17.0. The fraction of sp³-hybridized carbons (Fsp3) is 0.0833. The molecule has 0 aliphatic carbocycles. The van der Waals surface area contributed by atoms with E-state index >= 15 is 0 Å². The second-order valence-corrected chi connectivity index (χ2v) is 7.05. The molecule has 0 fully saturated rings. The van der Waals surface area contributed by atoms with Gasteiger partial charge in [-0.3, -0.25) is 0 Å². The molecule has 5 aromatic rings. The van der Waals surface area contributed by atoms with Crippen molar-refractivity contribution in [2.24, 2.45) is 0 Å². The molecular formula is C24H19N5O2. The molecule has 7 heteroatoms. The van der Waals surface area contributed by atoms with Crippen LogP contribution in [-0.4, -0.2) is 27.3 Å². The second kappa shape index (κ2) is 7.87. The number of rotatable bonds is 5. The first-order valence-electron chi connectivity index (χ1n) is 9.78. The molecule has 152 valence electrons. The predicted molar refractivity (Wildman–Crippen MR) is 119 cm³/mol. The largest absolute Gasteiger partial charge is 0.497 e. The number of methoxy groups -OCH3 is 1. The van der Waals surface area contributed by atoms with Crippen molar-refractivity contribution in [3.05, 3.63) is 78.4 Å². The predicted octanol–water partition coefficient (Wildman–Crippen LogP) is 5.41. The van der Waals surface area contributed by atoms with Gasteiger partial charge in [0.15, 0.2) is 0 Å². The number of aromatic nitrogens is 4. The molecule has 2 heterocycles. The van der Waals surface area contributed by atoms with E-state index in [4.69, 9.17) is 9.15 Å². The summed E-state index contributed by atoms with van der Waals surface area (Å²) in [6, 6.07) is 23.3. The van der Waals surface area contributed by atoms with Crippen LogP contribution in [0, 0.1) is 6.92 Å². The number of hydrogen-bond acceptors (Lipinski definition) is 7. The summed E-state index contributed by atoms with van der Waals surface area (Å²) in [6.45, 7) is 2.03. The highest BCUT2D eigenvalue weighted by atomic mass is 16.5. The molecule has 3 aromatic carbocycles. The van der Waals surface area contributed by atoms with E-state index in [-0.39, 0.29) is 5.89 Å². The average Bonchev–Trinajstić information content (AvgIpc) is 3.30. The number of nitrogens with one attached hydrogen (secondary N) is 1. The molecule has 31 heavy (non-hydrogen) atoms. The first-order chi connectivity index (χ1) is 15.2. The van der Waals surface area contributed by atoms with Gasteiger partial charge in [-0.05, 0) is 43.3 Å². The lowest BCUT2D eigenvalue weighted by Crippen LogP contribution is -1.99. The van der Waals surface area contributed by atoms with E-state index in [0.29, 0.717) is 17.5 Å². The maximum absolute atomic E-state index is 5.89. The molecular weight excluding hydrogens is 390 g/mol. The van der Waals surface area contributed by atoms with Crippen molar-refractivity contribution >= 4 is 22.4 Å². The van der Waals surface area contributed by atoms with Gasteiger partial charge in [-0.2, -0.15) is 0 Å². The van der Waals surface area contributed by atoms with Crippen molar-refractivity contribution in [2.45, 2.75) is 6.92 Å². The SMILES string of the molecule is COc1cccc(Nc2nc(-c3nnc(-c4ccc(C)cc4)o3)nc3ccccc23)c1. The Morgan fingerprint density at radius 1 is 0.839 bits per heavy atom. The van der Waals surface area contributed by atoms with E-state index in [0.717, 1.165) is 33.5 Å². The fourth-order valence-corrected chi connectivity index (χ4v) is 3.23. The van der Waals surface area contributed by atoms with Gasteiger partial charge in [-0.1, -0.05) is 35.9 Å². The minimum absolute atomic E-state index is 0.259. The number of fused-ring (bicyclic) bond motifs is 1. The molecule has 0 saturated heterocycles. The molecule has 0 unspecified atom stereocenters. The normalized spacial score (nSPS) is 10.9. The van der Waals surface area contributed by atoms with Gasteiger partial charge in [0.25, 0.3) is 5.89 Å². The van der Waals surface area contributed by atoms with Gasteiger partial charge < -0.3 is 14.5 Å². The van der Waals surface area contributed by atoms with Crippen LogP contribution < -0.4 is 10.1 Å². The Morgan fingerprint density at radius 2 is 1.65 bits per heavy atom. The lowest BCUT2D eigenvalue weighted by atomic mass is 10.1. The topological polar surface area (TPSA) is 86.0 Å². The lowest BCUT2D eigenvalue weighted by molar-refractivity contribution is 0.415. The van der Waals surface area contributed by atoms with Crippen molar-refractivity contribution in [2.75, 3.05) is 12.4 Å². The van der Waals surface area contributed by atoms with Gasteiger partial charge in [-0.15, -0.1) is 10.2 Å². The Bertz CT molecular complexity index is 1360. The summed E-state index contributed by atoms with van der Waals surface area (Å²) in [7, 11) is 1.64. The molecule has 0 amide bonds. The van der Waals surface area contributed by atoms with Crippen LogP contribution in [0.3, 0.4) is 0 Å². The van der Waals surface area contributed by atoms with Gasteiger partial charge in [0.1, 0.15) is 11.6 Å². The van der Waals surface area contributed by atoms with Gasteiger partial charge in [0, 0.05) is 22.7 Å². The molecule has 0 saturated carbocycles. The maximum Gasteiger partial charge on any atom is 0.286 e. The lowest BCUT2D eigenvalue weighted by Gasteiger charge is -2.10. The number of anilines is 2. The Balaban J connectivity index is 1.56. The van der Waals surface area contributed by atoms with Crippen molar-refractivity contribution in [3.8, 4) is 28.9 Å². The monoisotopic (exact) mass is 409 g/mol. The molecule has 2 aromatic heterocycles. The second-order valence-electron chi connectivity index (χ2n) is 7.05. The van der Waals surface area contributed by atoms with E-state index in [9.17, 15) is 0 Å². The molecule has 0 bridgehead atoms. The van der Waals surface area contributed by atoms with E-state index in [1.807, 2.05) is 79.7 Å². The van der Waals surface area contributed by atoms with Crippen molar-refractivity contribution in [1.29, 1.82) is 0 Å². The number of hydrogen-bond donors (Lipinski definition) is 1. The van der Waals surface area contributed by atoms with Gasteiger partial charge in [0.2, 0.25) is 11.7 Å². The summed E-state index contributed by atoms with van der Waals surface area (Å²) in [5.41, 5.74) is 3.63. The number of ether oxygens (including phenoxy) is 1. The molecule has 7 nitrogen and oxygen atoms in total. The third-order valence-corrected chi connectivity index (χ3v) is 4.85. The molecule has 0 aliphatic heterocycles. The fourth-order valence-electron chi connectivity index (χ4n) is 3.23. The smallest absolute Gasteiger partial charge is 0.286 e. The summed E-state index contributed by atoms with van der Waals surface area (Å²) in [4.78, 5) is 9.31. The van der Waals surface area contributed by atoms with Gasteiger partial charge in [-0.25, -0.2) is 9.97 Å². The van der Waals surface area contributed by atoms with Gasteiger partial charge >= 0.3 is 0 Å². The van der Waals surface area contributed by atoms with E-state index < -0.39 is 0 Å². The van der Waals surface area contributed by atoms with Crippen molar-refractivity contribution in [1.82, 2.24) is 20.2 Å². The van der Waals surface area contributed by atoms with Crippen LogP contribution in [0.4, 0.5) is 11.5 Å². The summed E-state index contributed by atoms with van der Waals surface area (Å²) in [5.74, 6) is 2.44. The number of nitrogens with zero attached hydrogens (tertiary/aromatic N) is 4. The van der Waals surface area contributed by atoms with Gasteiger partial charge in [0.05, 0.1) is 12.6 Å². The summed E-state index contributed by atoms with van der Waals surface area (Å²) in [5, 5.41) is 12.6. The molecule has 0 aliphatic rings. The van der Waals surface area contributed by atoms with Crippen LogP contribution in [-0.2, 0) is 0 Å².